The molecule has 32 heavy (non-hydrogen) atoms. The van der Waals surface area contributed by atoms with Crippen molar-refractivity contribution < 1.29 is 23.8 Å². The molecule has 0 spiro atoms. The fourth-order valence-corrected chi connectivity index (χ4v) is 3.93. The molecule has 1 aliphatic heterocycles. The molecule has 3 rings (SSSR count). The second kappa shape index (κ2) is 10.8. The lowest BCUT2D eigenvalue weighted by molar-refractivity contribution is -0.129. The third-order valence-electron chi connectivity index (χ3n) is 5.69. The second-order valence-electron chi connectivity index (χ2n) is 7.53. The number of ketones is 1. The quantitative estimate of drug-likeness (QED) is 0.534. The summed E-state index contributed by atoms with van der Waals surface area (Å²) in [4.78, 5) is 29.9. The van der Waals surface area contributed by atoms with Crippen LogP contribution in [0, 0.1) is 0 Å². The molecular formula is C25H30N2O5. The van der Waals surface area contributed by atoms with Crippen LogP contribution >= 0.6 is 0 Å². The second-order valence-corrected chi connectivity index (χ2v) is 7.53. The number of aliphatic hydroxyl groups excluding tert-OH is 1. The van der Waals surface area contributed by atoms with Gasteiger partial charge in [-0.3, -0.25) is 9.59 Å². The zero-order valence-electron chi connectivity index (χ0n) is 18.8. The fourth-order valence-electron chi connectivity index (χ4n) is 3.93. The molecule has 7 heteroatoms. The number of furan rings is 1. The van der Waals surface area contributed by atoms with Crippen LogP contribution in [0.15, 0.2) is 64.5 Å². The molecule has 1 N–H and O–H groups in total. The van der Waals surface area contributed by atoms with E-state index >= 15 is 0 Å². The summed E-state index contributed by atoms with van der Waals surface area (Å²) in [6, 6.07) is 9.98. The number of hydrogen-bond acceptors (Lipinski definition) is 6. The third kappa shape index (κ3) is 5.11. The van der Waals surface area contributed by atoms with Crippen molar-refractivity contribution in [2.75, 3.05) is 33.3 Å². The van der Waals surface area contributed by atoms with E-state index in [1.807, 2.05) is 12.1 Å². The molecule has 170 valence electrons. The molecule has 1 aromatic carbocycles. The van der Waals surface area contributed by atoms with Crippen LogP contribution in [0.2, 0.25) is 0 Å². The summed E-state index contributed by atoms with van der Waals surface area (Å²) in [5, 5.41) is 10.7. The lowest BCUT2D eigenvalue weighted by Crippen LogP contribution is -2.34. The molecule has 0 fully saturated rings. The van der Waals surface area contributed by atoms with Crippen molar-refractivity contribution >= 4 is 17.8 Å². The van der Waals surface area contributed by atoms with E-state index in [-0.39, 0.29) is 5.57 Å². The van der Waals surface area contributed by atoms with E-state index < -0.39 is 23.5 Å². The smallest absolute Gasteiger partial charge is 0.290 e. The van der Waals surface area contributed by atoms with Gasteiger partial charge in [0.05, 0.1) is 25.0 Å². The SMILES string of the molecule is CCN(CC)CCCN1C(=O)C(O)=C(C(=O)/C=C/c2ccco2)[C@H]1c1cccc(OC)c1. The summed E-state index contributed by atoms with van der Waals surface area (Å²) >= 11 is 0. The summed E-state index contributed by atoms with van der Waals surface area (Å²) in [5.41, 5.74) is 0.772. The van der Waals surface area contributed by atoms with Gasteiger partial charge in [0.1, 0.15) is 11.5 Å². The van der Waals surface area contributed by atoms with Crippen molar-refractivity contribution in [2.24, 2.45) is 0 Å². The van der Waals surface area contributed by atoms with Crippen molar-refractivity contribution in [3.05, 3.63) is 71.4 Å². The van der Waals surface area contributed by atoms with Crippen molar-refractivity contribution in [3.8, 4) is 5.75 Å². The van der Waals surface area contributed by atoms with Gasteiger partial charge >= 0.3 is 0 Å². The van der Waals surface area contributed by atoms with Gasteiger partial charge in [0, 0.05) is 6.54 Å². The number of benzene rings is 1. The maximum atomic E-state index is 13.1. The van der Waals surface area contributed by atoms with Crippen LogP contribution in [0.1, 0.15) is 37.6 Å². The van der Waals surface area contributed by atoms with E-state index in [1.54, 1.807) is 36.3 Å². The highest BCUT2D eigenvalue weighted by atomic mass is 16.5. The number of carbonyl (C=O) groups excluding carboxylic acids is 2. The number of allylic oxidation sites excluding steroid dienone is 1. The molecule has 1 amide bonds. The highest BCUT2D eigenvalue weighted by Gasteiger charge is 2.42. The van der Waals surface area contributed by atoms with Crippen molar-refractivity contribution in [1.82, 2.24) is 9.80 Å². The molecule has 1 atom stereocenters. The Labute approximate surface area is 188 Å². The van der Waals surface area contributed by atoms with Crippen molar-refractivity contribution in [1.29, 1.82) is 0 Å². The van der Waals surface area contributed by atoms with Gasteiger partial charge in [-0.2, -0.15) is 0 Å². The minimum absolute atomic E-state index is 0.0638. The predicted molar refractivity (Wildman–Crippen MR) is 122 cm³/mol. The Hall–Kier alpha value is -3.32. The predicted octanol–water partition coefficient (Wildman–Crippen LogP) is 4.00. The van der Waals surface area contributed by atoms with Crippen LogP contribution in [0.3, 0.4) is 0 Å². The molecule has 1 aliphatic rings. The van der Waals surface area contributed by atoms with Gasteiger partial charge in [0.15, 0.2) is 11.5 Å². The first-order valence-electron chi connectivity index (χ1n) is 10.9. The zero-order valence-corrected chi connectivity index (χ0v) is 18.8. The molecule has 0 radical (unpaired) electrons. The van der Waals surface area contributed by atoms with Crippen LogP contribution in [-0.2, 0) is 9.59 Å². The maximum Gasteiger partial charge on any atom is 0.290 e. The van der Waals surface area contributed by atoms with Crippen LogP contribution in [0.4, 0.5) is 0 Å². The molecule has 0 bridgehead atoms. The molecule has 0 saturated heterocycles. The van der Waals surface area contributed by atoms with Crippen LogP contribution in [0.25, 0.3) is 6.08 Å². The maximum absolute atomic E-state index is 13.1. The van der Waals surface area contributed by atoms with Gasteiger partial charge in [-0.05, 0) is 68.0 Å². The average molecular weight is 439 g/mol. The topological polar surface area (TPSA) is 83.2 Å². The van der Waals surface area contributed by atoms with E-state index in [4.69, 9.17) is 9.15 Å². The van der Waals surface area contributed by atoms with E-state index in [1.165, 1.54) is 18.4 Å². The molecule has 2 heterocycles. The van der Waals surface area contributed by atoms with Crippen LogP contribution in [-0.4, -0.2) is 59.9 Å². The highest BCUT2D eigenvalue weighted by molar-refractivity contribution is 6.14. The largest absolute Gasteiger partial charge is 0.503 e. The van der Waals surface area contributed by atoms with Gasteiger partial charge in [-0.25, -0.2) is 0 Å². The van der Waals surface area contributed by atoms with Gasteiger partial charge < -0.3 is 24.1 Å². The Morgan fingerprint density at radius 1 is 1.25 bits per heavy atom. The molecule has 1 aromatic heterocycles. The first-order chi connectivity index (χ1) is 15.5. The molecule has 0 aliphatic carbocycles. The standard InChI is InChI=1S/C25H30N2O5/c1-4-26(5-2)14-8-15-27-23(18-9-6-10-20(17-18)31-3)22(24(29)25(27)30)21(28)13-12-19-11-7-16-32-19/h6-7,9-13,16-17,23,29H,4-5,8,14-15H2,1-3H3/b13-12+/t23-/m1/s1. The number of nitrogens with zero attached hydrogens (tertiary/aromatic N) is 2. The van der Waals surface area contributed by atoms with Crippen LogP contribution in [0.5, 0.6) is 5.75 Å². The van der Waals surface area contributed by atoms with E-state index in [0.29, 0.717) is 23.6 Å². The monoisotopic (exact) mass is 438 g/mol. The Morgan fingerprint density at radius 2 is 2.03 bits per heavy atom. The molecule has 0 saturated carbocycles. The van der Waals surface area contributed by atoms with Gasteiger partial charge in [-0.15, -0.1) is 0 Å². The number of rotatable bonds is 11. The molecule has 7 nitrogen and oxygen atoms in total. The Kier molecular flexibility index (Phi) is 7.89. The Balaban J connectivity index is 1.91. The number of ether oxygens (including phenoxy) is 1. The fraction of sp³-hybridized carbons (Fsp3) is 0.360. The van der Waals surface area contributed by atoms with Crippen molar-refractivity contribution in [2.45, 2.75) is 26.3 Å². The van der Waals surface area contributed by atoms with E-state index in [9.17, 15) is 14.7 Å². The lowest BCUT2D eigenvalue weighted by atomic mass is 9.95. The number of hydrogen-bond donors (Lipinski definition) is 1. The minimum atomic E-state index is -0.692. The molecule has 0 unspecified atom stereocenters. The summed E-state index contributed by atoms with van der Waals surface area (Å²) < 4.78 is 10.6. The zero-order chi connectivity index (χ0) is 23.1. The van der Waals surface area contributed by atoms with E-state index in [0.717, 1.165) is 26.1 Å². The number of carbonyl (C=O) groups is 2. The lowest BCUT2D eigenvalue weighted by Gasteiger charge is -2.28. The number of methoxy groups -OCH3 is 1. The van der Waals surface area contributed by atoms with Gasteiger partial charge in [0.2, 0.25) is 0 Å². The normalized spacial score (nSPS) is 16.6. The minimum Gasteiger partial charge on any atom is -0.503 e. The average Bonchev–Trinajstić information content (AvgIpc) is 3.42. The van der Waals surface area contributed by atoms with Gasteiger partial charge in [-0.1, -0.05) is 26.0 Å². The highest BCUT2D eigenvalue weighted by Crippen LogP contribution is 2.39. The number of aliphatic hydroxyl groups is 1. The Bertz CT molecular complexity index is 990. The Morgan fingerprint density at radius 3 is 2.69 bits per heavy atom. The summed E-state index contributed by atoms with van der Waals surface area (Å²) in [6.45, 7) is 7.28. The molecular weight excluding hydrogens is 408 g/mol. The van der Waals surface area contributed by atoms with Gasteiger partial charge in [0.25, 0.3) is 5.91 Å². The summed E-state index contributed by atoms with van der Waals surface area (Å²) in [6.07, 6.45) is 5.09. The molecule has 2 aromatic rings. The summed E-state index contributed by atoms with van der Waals surface area (Å²) in [7, 11) is 1.56. The first kappa shape index (κ1) is 23.3. The summed E-state index contributed by atoms with van der Waals surface area (Å²) in [5.74, 6) is -0.354. The van der Waals surface area contributed by atoms with Crippen molar-refractivity contribution in [3.63, 3.8) is 0 Å². The van der Waals surface area contributed by atoms with E-state index in [2.05, 4.69) is 18.7 Å². The number of amides is 1. The first-order valence-corrected chi connectivity index (χ1v) is 10.9. The third-order valence-corrected chi connectivity index (χ3v) is 5.69. The van der Waals surface area contributed by atoms with Crippen LogP contribution < -0.4 is 4.74 Å².